The number of carbonyl (C=O) groups excluding carboxylic acids is 1. The van der Waals surface area contributed by atoms with Gasteiger partial charge in [0.1, 0.15) is 11.0 Å². The summed E-state index contributed by atoms with van der Waals surface area (Å²) in [6, 6.07) is 3.11. The summed E-state index contributed by atoms with van der Waals surface area (Å²) in [6.45, 7) is 2.47. The van der Waals surface area contributed by atoms with E-state index in [1.807, 2.05) is 11.4 Å². The van der Waals surface area contributed by atoms with E-state index in [1.54, 1.807) is 11.3 Å². The molecule has 19 heavy (non-hydrogen) atoms. The summed E-state index contributed by atoms with van der Waals surface area (Å²) in [5, 5.41) is 4.71. The number of amides is 1. The predicted octanol–water partition coefficient (Wildman–Crippen LogP) is 3.43. The fraction of sp³-hybridized carbons (Fsp3) is 0.231. The van der Waals surface area contributed by atoms with E-state index in [9.17, 15) is 9.18 Å². The Labute approximate surface area is 119 Å². The third-order valence-electron chi connectivity index (χ3n) is 2.68. The summed E-state index contributed by atoms with van der Waals surface area (Å²) in [7, 11) is 0. The minimum absolute atomic E-state index is 0.000736. The van der Waals surface area contributed by atoms with Gasteiger partial charge < -0.3 is 5.32 Å². The van der Waals surface area contributed by atoms with Crippen molar-refractivity contribution in [3.05, 3.63) is 50.7 Å². The van der Waals surface area contributed by atoms with Crippen LogP contribution in [0, 0.1) is 5.82 Å². The molecule has 6 heteroatoms. The monoisotopic (exact) mass is 298 g/mol. The molecule has 0 atom stereocenters. The first-order chi connectivity index (χ1) is 9.11. The minimum atomic E-state index is -0.583. The number of halogens is 2. The Hall–Kier alpha value is -1.46. The van der Waals surface area contributed by atoms with Gasteiger partial charge in [-0.05, 0) is 29.5 Å². The first kappa shape index (κ1) is 14.0. The summed E-state index contributed by atoms with van der Waals surface area (Å²) in [5.74, 6) is -1.01. The third-order valence-corrected chi connectivity index (χ3v) is 3.94. The van der Waals surface area contributed by atoms with Crippen LogP contribution in [0.5, 0.6) is 0 Å². The van der Waals surface area contributed by atoms with Crippen molar-refractivity contribution in [2.24, 2.45) is 0 Å². The Kier molecular flexibility index (Phi) is 4.50. The van der Waals surface area contributed by atoms with Gasteiger partial charge >= 0.3 is 0 Å². The van der Waals surface area contributed by atoms with Crippen LogP contribution < -0.4 is 5.32 Å². The molecule has 0 bridgehead atoms. The maximum Gasteiger partial charge on any atom is 0.254 e. The molecule has 0 radical (unpaired) electrons. The summed E-state index contributed by atoms with van der Waals surface area (Å²) in [4.78, 5) is 16.6. The molecular formula is C13H12ClFN2OS. The standard InChI is InChI=1S/C13H12ClFN2OS/c1-2-8-3-4-19-11(8)7-17-13(18)10-5-9(15)6-16-12(10)14/h3-6H,2,7H2,1H3,(H,17,18). The quantitative estimate of drug-likeness (QED) is 0.879. The Morgan fingerprint density at radius 2 is 2.37 bits per heavy atom. The van der Waals surface area contributed by atoms with E-state index < -0.39 is 11.7 Å². The van der Waals surface area contributed by atoms with E-state index in [4.69, 9.17) is 11.6 Å². The van der Waals surface area contributed by atoms with Crippen molar-refractivity contribution < 1.29 is 9.18 Å². The molecule has 1 amide bonds. The number of aromatic nitrogens is 1. The van der Waals surface area contributed by atoms with Crippen molar-refractivity contribution in [2.75, 3.05) is 0 Å². The lowest BCUT2D eigenvalue weighted by atomic mass is 10.2. The zero-order chi connectivity index (χ0) is 13.8. The molecule has 0 aromatic carbocycles. The molecule has 0 aliphatic carbocycles. The number of hydrogen-bond donors (Lipinski definition) is 1. The highest BCUT2D eigenvalue weighted by molar-refractivity contribution is 7.10. The van der Waals surface area contributed by atoms with Crippen molar-refractivity contribution in [3.8, 4) is 0 Å². The Bertz CT molecular complexity index is 600. The van der Waals surface area contributed by atoms with Crippen LogP contribution in [-0.2, 0) is 13.0 Å². The van der Waals surface area contributed by atoms with Gasteiger partial charge in [0.2, 0.25) is 0 Å². The number of nitrogens with one attached hydrogen (secondary N) is 1. The van der Waals surface area contributed by atoms with Crippen molar-refractivity contribution in [2.45, 2.75) is 19.9 Å². The molecule has 2 heterocycles. The number of rotatable bonds is 4. The zero-order valence-corrected chi connectivity index (χ0v) is 11.8. The highest BCUT2D eigenvalue weighted by Crippen LogP contribution is 2.18. The number of pyridine rings is 1. The first-order valence-electron chi connectivity index (χ1n) is 5.76. The average molecular weight is 299 g/mol. The summed E-state index contributed by atoms with van der Waals surface area (Å²) in [6.07, 6.45) is 1.89. The molecule has 0 aliphatic heterocycles. The van der Waals surface area contributed by atoms with Gasteiger partial charge in [0.25, 0.3) is 5.91 Å². The molecule has 2 rings (SSSR count). The van der Waals surface area contributed by atoms with Gasteiger partial charge in [0.05, 0.1) is 18.3 Å². The van der Waals surface area contributed by atoms with E-state index in [0.29, 0.717) is 6.54 Å². The van der Waals surface area contributed by atoms with E-state index in [1.165, 1.54) is 5.56 Å². The lowest BCUT2D eigenvalue weighted by Crippen LogP contribution is -2.23. The number of carbonyl (C=O) groups is 1. The van der Waals surface area contributed by atoms with E-state index in [2.05, 4.69) is 17.2 Å². The lowest BCUT2D eigenvalue weighted by molar-refractivity contribution is 0.0950. The summed E-state index contributed by atoms with van der Waals surface area (Å²) in [5.41, 5.74) is 1.25. The van der Waals surface area contributed by atoms with Crippen LogP contribution in [-0.4, -0.2) is 10.9 Å². The van der Waals surface area contributed by atoms with Crippen LogP contribution in [0.4, 0.5) is 4.39 Å². The van der Waals surface area contributed by atoms with Crippen molar-refractivity contribution in [1.29, 1.82) is 0 Å². The molecule has 0 saturated carbocycles. The fourth-order valence-electron chi connectivity index (χ4n) is 1.67. The van der Waals surface area contributed by atoms with E-state index >= 15 is 0 Å². The van der Waals surface area contributed by atoms with Gasteiger partial charge in [-0.15, -0.1) is 11.3 Å². The van der Waals surface area contributed by atoms with Gasteiger partial charge in [-0.25, -0.2) is 9.37 Å². The Morgan fingerprint density at radius 3 is 3.11 bits per heavy atom. The molecule has 0 aliphatic rings. The predicted molar refractivity (Wildman–Crippen MR) is 74.1 cm³/mol. The van der Waals surface area contributed by atoms with Gasteiger partial charge in [-0.1, -0.05) is 18.5 Å². The van der Waals surface area contributed by atoms with Crippen molar-refractivity contribution in [1.82, 2.24) is 10.3 Å². The Morgan fingerprint density at radius 1 is 1.58 bits per heavy atom. The fourth-order valence-corrected chi connectivity index (χ4v) is 2.78. The molecule has 2 aromatic heterocycles. The SMILES string of the molecule is CCc1ccsc1CNC(=O)c1cc(F)cnc1Cl. The van der Waals surface area contributed by atoms with Crippen LogP contribution in [0.25, 0.3) is 0 Å². The van der Waals surface area contributed by atoms with E-state index in [-0.39, 0.29) is 10.7 Å². The molecular weight excluding hydrogens is 287 g/mol. The minimum Gasteiger partial charge on any atom is -0.347 e. The molecule has 0 spiro atoms. The maximum absolute atomic E-state index is 13.0. The van der Waals surface area contributed by atoms with Gasteiger partial charge in [-0.2, -0.15) is 0 Å². The van der Waals surface area contributed by atoms with Crippen LogP contribution in [0.3, 0.4) is 0 Å². The smallest absolute Gasteiger partial charge is 0.254 e. The second-order valence-electron chi connectivity index (χ2n) is 3.90. The van der Waals surface area contributed by atoms with Crippen molar-refractivity contribution in [3.63, 3.8) is 0 Å². The van der Waals surface area contributed by atoms with Crippen LogP contribution in [0.15, 0.2) is 23.7 Å². The maximum atomic E-state index is 13.0. The molecule has 1 N–H and O–H groups in total. The number of thiophene rings is 1. The van der Waals surface area contributed by atoms with E-state index in [0.717, 1.165) is 23.6 Å². The van der Waals surface area contributed by atoms with Crippen LogP contribution in [0.1, 0.15) is 27.7 Å². The number of nitrogens with zero attached hydrogens (tertiary/aromatic N) is 1. The third kappa shape index (κ3) is 3.30. The molecule has 100 valence electrons. The normalized spacial score (nSPS) is 10.5. The average Bonchev–Trinajstić information content (AvgIpc) is 2.86. The Balaban J connectivity index is 2.07. The van der Waals surface area contributed by atoms with Crippen molar-refractivity contribution >= 4 is 28.8 Å². The molecule has 0 saturated heterocycles. The highest BCUT2D eigenvalue weighted by atomic mass is 35.5. The molecule has 0 unspecified atom stereocenters. The number of aryl methyl sites for hydroxylation is 1. The van der Waals surface area contributed by atoms with Gasteiger partial charge in [0.15, 0.2) is 0 Å². The lowest BCUT2D eigenvalue weighted by Gasteiger charge is -2.06. The van der Waals surface area contributed by atoms with Crippen LogP contribution in [0.2, 0.25) is 5.15 Å². The highest BCUT2D eigenvalue weighted by Gasteiger charge is 2.13. The molecule has 0 fully saturated rings. The summed E-state index contributed by atoms with van der Waals surface area (Å²) < 4.78 is 13.0. The summed E-state index contributed by atoms with van der Waals surface area (Å²) >= 11 is 7.36. The largest absolute Gasteiger partial charge is 0.347 e. The molecule has 2 aromatic rings. The topological polar surface area (TPSA) is 42.0 Å². The van der Waals surface area contributed by atoms with Gasteiger partial charge in [0, 0.05) is 4.88 Å². The second-order valence-corrected chi connectivity index (χ2v) is 5.26. The second kappa shape index (κ2) is 6.12. The first-order valence-corrected chi connectivity index (χ1v) is 7.02. The van der Waals surface area contributed by atoms with Crippen LogP contribution >= 0.6 is 22.9 Å². The zero-order valence-electron chi connectivity index (χ0n) is 10.2. The molecule has 3 nitrogen and oxygen atoms in total. The number of hydrogen-bond acceptors (Lipinski definition) is 3. The van der Waals surface area contributed by atoms with Gasteiger partial charge in [-0.3, -0.25) is 4.79 Å².